The summed E-state index contributed by atoms with van der Waals surface area (Å²) in [4.78, 5) is 44.6. The molecule has 184 valence electrons. The zero-order valence-corrected chi connectivity index (χ0v) is 20.6. The number of anilines is 1. The molecule has 3 heterocycles. The quantitative estimate of drug-likeness (QED) is 0.589. The number of rotatable bonds is 7. The van der Waals surface area contributed by atoms with Crippen LogP contribution in [0.15, 0.2) is 54.6 Å². The molecular weight excluding hydrogens is 438 g/mol. The fourth-order valence-corrected chi connectivity index (χ4v) is 6.07. The van der Waals surface area contributed by atoms with Crippen LogP contribution in [0.5, 0.6) is 0 Å². The summed E-state index contributed by atoms with van der Waals surface area (Å²) in [7, 11) is 0. The molecule has 0 unspecified atom stereocenters. The van der Waals surface area contributed by atoms with E-state index in [1.165, 1.54) is 12.0 Å². The van der Waals surface area contributed by atoms with Gasteiger partial charge in [-0.05, 0) is 69.1 Å². The van der Waals surface area contributed by atoms with Gasteiger partial charge in [-0.3, -0.25) is 19.3 Å². The van der Waals surface area contributed by atoms with Gasteiger partial charge in [-0.2, -0.15) is 0 Å². The molecule has 0 aliphatic carbocycles. The predicted molar refractivity (Wildman–Crippen MR) is 136 cm³/mol. The maximum absolute atomic E-state index is 13.3. The molecule has 2 fully saturated rings. The Hall–Kier alpha value is -3.15. The van der Waals surface area contributed by atoms with Crippen LogP contribution >= 0.6 is 0 Å². The van der Waals surface area contributed by atoms with Crippen molar-refractivity contribution in [3.8, 4) is 0 Å². The number of likely N-dealkylation sites (tertiary alicyclic amines) is 1. The van der Waals surface area contributed by atoms with E-state index in [1.807, 2.05) is 34.9 Å². The summed E-state index contributed by atoms with van der Waals surface area (Å²) < 4.78 is 0. The molecule has 6 nitrogen and oxygen atoms in total. The Balaban J connectivity index is 1.13. The second kappa shape index (κ2) is 9.84. The number of aryl methyl sites for hydroxylation is 1. The highest BCUT2D eigenvalue weighted by Gasteiger charge is 2.52. The summed E-state index contributed by atoms with van der Waals surface area (Å²) in [6.45, 7) is 4.11. The van der Waals surface area contributed by atoms with Gasteiger partial charge in [-0.15, -0.1) is 0 Å². The molecule has 3 aliphatic rings. The lowest BCUT2D eigenvalue weighted by Crippen LogP contribution is -2.62. The second-order valence-corrected chi connectivity index (χ2v) is 10.4. The number of hydrogen-bond donors (Lipinski definition) is 0. The number of hydrogen-bond acceptors (Lipinski definition) is 3. The van der Waals surface area contributed by atoms with E-state index in [-0.39, 0.29) is 17.7 Å². The zero-order chi connectivity index (χ0) is 24.4. The highest BCUT2D eigenvalue weighted by atomic mass is 16.2. The minimum atomic E-state index is -0.650. The molecule has 35 heavy (non-hydrogen) atoms. The molecule has 5 rings (SSSR count). The largest absolute Gasteiger partial charge is 0.343 e. The first kappa shape index (κ1) is 23.6. The van der Waals surface area contributed by atoms with E-state index in [0.29, 0.717) is 49.4 Å². The van der Waals surface area contributed by atoms with E-state index in [2.05, 4.69) is 30.3 Å². The Morgan fingerprint density at radius 3 is 2.49 bits per heavy atom. The number of para-hydroxylation sites is 1. The molecule has 6 heteroatoms. The lowest BCUT2D eigenvalue weighted by Gasteiger charge is -2.48. The first-order chi connectivity index (χ1) is 17.0. The monoisotopic (exact) mass is 473 g/mol. The summed E-state index contributed by atoms with van der Waals surface area (Å²) in [5.41, 5.74) is 2.02. The van der Waals surface area contributed by atoms with Crippen molar-refractivity contribution in [3.63, 3.8) is 0 Å². The van der Waals surface area contributed by atoms with E-state index < -0.39 is 5.66 Å². The fourth-order valence-electron chi connectivity index (χ4n) is 6.07. The zero-order valence-electron chi connectivity index (χ0n) is 20.6. The maximum atomic E-state index is 13.3. The van der Waals surface area contributed by atoms with Crippen molar-refractivity contribution < 1.29 is 14.4 Å². The van der Waals surface area contributed by atoms with Gasteiger partial charge in [0, 0.05) is 32.5 Å². The van der Waals surface area contributed by atoms with E-state index in [0.717, 1.165) is 32.4 Å². The van der Waals surface area contributed by atoms with Crippen molar-refractivity contribution >= 4 is 23.4 Å². The van der Waals surface area contributed by atoms with Crippen LogP contribution in [-0.2, 0) is 16.0 Å². The van der Waals surface area contributed by atoms with E-state index >= 15 is 0 Å². The Kier molecular flexibility index (Phi) is 6.63. The minimum absolute atomic E-state index is 0.0410. The summed E-state index contributed by atoms with van der Waals surface area (Å²) in [5.74, 6) is 0.876. The molecule has 2 aromatic rings. The number of benzene rings is 2. The number of carbonyl (C=O) groups is 3. The maximum Gasteiger partial charge on any atom is 0.257 e. The van der Waals surface area contributed by atoms with Gasteiger partial charge in [-0.25, -0.2) is 0 Å². The molecule has 0 bridgehead atoms. The Morgan fingerprint density at radius 1 is 1.00 bits per heavy atom. The summed E-state index contributed by atoms with van der Waals surface area (Å²) in [5, 5.41) is 0. The van der Waals surface area contributed by atoms with Crippen molar-refractivity contribution in [2.24, 2.45) is 5.92 Å². The van der Waals surface area contributed by atoms with E-state index in [9.17, 15) is 14.4 Å². The number of carbonyl (C=O) groups excluding carboxylic acids is 3. The van der Waals surface area contributed by atoms with Crippen LogP contribution in [0, 0.1) is 5.92 Å². The van der Waals surface area contributed by atoms with E-state index in [4.69, 9.17) is 0 Å². The average Bonchev–Trinajstić information content (AvgIpc) is 3.20. The summed E-state index contributed by atoms with van der Waals surface area (Å²) >= 11 is 0. The first-order valence-corrected chi connectivity index (χ1v) is 13.0. The fraction of sp³-hybridized carbons (Fsp3) is 0.483. The molecule has 0 saturated carbocycles. The normalized spacial score (nSPS) is 22.4. The van der Waals surface area contributed by atoms with Crippen LogP contribution in [-0.4, -0.2) is 52.8 Å². The molecule has 3 aliphatic heterocycles. The Bertz CT molecular complexity index is 1090. The first-order valence-electron chi connectivity index (χ1n) is 13.0. The number of amides is 3. The van der Waals surface area contributed by atoms with Gasteiger partial charge in [-0.1, -0.05) is 42.5 Å². The van der Waals surface area contributed by atoms with Crippen molar-refractivity contribution in [1.29, 1.82) is 0 Å². The average molecular weight is 474 g/mol. The molecule has 2 aromatic carbocycles. The van der Waals surface area contributed by atoms with Crippen LogP contribution < -0.4 is 4.90 Å². The van der Waals surface area contributed by atoms with Crippen LogP contribution in [0.1, 0.15) is 67.8 Å². The molecule has 0 radical (unpaired) electrons. The minimum Gasteiger partial charge on any atom is -0.343 e. The molecule has 3 amide bonds. The Labute approximate surface area is 207 Å². The van der Waals surface area contributed by atoms with Crippen molar-refractivity contribution in [2.75, 3.05) is 24.5 Å². The third kappa shape index (κ3) is 4.58. The second-order valence-electron chi connectivity index (χ2n) is 10.4. The molecule has 0 aromatic heterocycles. The van der Waals surface area contributed by atoms with Crippen molar-refractivity contribution in [2.45, 2.75) is 64.0 Å². The predicted octanol–water partition coefficient (Wildman–Crippen LogP) is 4.64. The topological polar surface area (TPSA) is 60.9 Å². The van der Waals surface area contributed by atoms with Crippen LogP contribution in [0.4, 0.5) is 5.69 Å². The van der Waals surface area contributed by atoms with Crippen LogP contribution in [0.3, 0.4) is 0 Å². The molecule has 0 N–H and O–H groups in total. The molecule has 2 saturated heterocycles. The number of fused-ring (bicyclic) bond motifs is 3. The lowest BCUT2D eigenvalue weighted by atomic mass is 9.90. The smallest absolute Gasteiger partial charge is 0.257 e. The van der Waals surface area contributed by atoms with Gasteiger partial charge < -0.3 is 9.80 Å². The van der Waals surface area contributed by atoms with Gasteiger partial charge >= 0.3 is 0 Å². The lowest BCUT2D eigenvalue weighted by molar-refractivity contribution is -0.132. The van der Waals surface area contributed by atoms with E-state index in [1.54, 1.807) is 11.0 Å². The van der Waals surface area contributed by atoms with Gasteiger partial charge in [0.25, 0.3) is 5.91 Å². The highest BCUT2D eigenvalue weighted by Crippen LogP contribution is 2.44. The SMILES string of the molecule is C[C@]12CCC(=O)N1c1ccccc1C(=O)N2CCCC(=O)N1CCC(CCc2ccccc2)CC1. The summed E-state index contributed by atoms with van der Waals surface area (Å²) in [6.07, 6.45) is 6.51. The standard InChI is InChI=1S/C29H35N3O3/c1-29-18-15-27(34)32(29)25-11-6-5-10-24(25)28(35)31(29)19-7-12-26(33)30-20-16-23(17-21-30)14-13-22-8-3-2-4-9-22/h2-6,8-11,23H,7,12-21H2,1H3/t29-/m1/s1. The number of nitrogens with zero attached hydrogens (tertiary/aromatic N) is 3. The molecule has 0 spiro atoms. The number of piperidine rings is 1. The highest BCUT2D eigenvalue weighted by molar-refractivity contribution is 6.10. The summed E-state index contributed by atoms with van der Waals surface area (Å²) in [6, 6.07) is 18.0. The molecule has 1 atom stereocenters. The van der Waals surface area contributed by atoms with Crippen molar-refractivity contribution in [3.05, 3.63) is 65.7 Å². The van der Waals surface area contributed by atoms with Gasteiger partial charge in [0.05, 0.1) is 11.3 Å². The third-order valence-corrected chi connectivity index (χ3v) is 8.17. The Morgan fingerprint density at radius 2 is 1.71 bits per heavy atom. The molecular formula is C29H35N3O3. The van der Waals surface area contributed by atoms with Crippen molar-refractivity contribution in [1.82, 2.24) is 9.80 Å². The van der Waals surface area contributed by atoms with Crippen LogP contribution in [0.25, 0.3) is 0 Å². The van der Waals surface area contributed by atoms with Gasteiger partial charge in [0.2, 0.25) is 11.8 Å². The van der Waals surface area contributed by atoms with Crippen LogP contribution in [0.2, 0.25) is 0 Å². The third-order valence-electron chi connectivity index (χ3n) is 8.17. The van der Waals surface area contributed by atoms with Gasteiger partial charge in [0.15, 0.2) is 0 Å². The van der Waals surface area contributed by atoms with Gasteiger partial charge in [0.1, 0.15) is 5.66 Å².